The number of aromatic nitrogens is 2. The number of phenols is 1. The van der Waals surface area contributed by atoms with Crippen LogP contribution in [0.5, 0.6) is 11.6 Å². The second-order valence-electron chi connectivity index (χ2n) is 9.04. The van der Waals surface area contributed by atoms with Gasteiger partial charge in [-0.1, -0.05) is 31.4 Å². The smallest absolute Gasteiger partial charge is 0.451 e. The summed E-state index contributed by atoms with van der Waals surface area (Å²) in [6, 6.07) is 5.19. The lowest BCUT2D eigenvalue weighted by molar-refractivity contribution is -0.145. The summed E-state index contributed by atoms with van der Waals surface area (Å²) >= 11 is 0. The number of fused-ring (bicyclic) bond motifs is 1. The third kappa shape index (κ3) is 5.90. The topological polar surface area (TPSA) is 115 Å². The molecule has 200 valence electrons. The van der Waals surface area contributed by atoms with E-state index in [1.165, 1.54) is 13.5 Å². The number of rotatable bonds is 3. The molecule has 5 rings (SSSR count). The van der Waals surface area contributed by atoms with Crippen LogP contribution in [0.4, 0.5) is 24.7 Å². The predicted octanol–water partition coefficient (Wildman–Crippen LogP) is 4.74. The van der Waals surface area contributed by atoms with E-state index >= 15 is 0 Å². The predicted molar refractivity (Wildman–Crippen MR) is 131 cm³/mol. The maximum Gasteiger partial charge on any atom is 0.451 e. The summed E-state index contributed by atoms with van der Waals surface area (Å²) in [6.07, 6.45) is -0.367. The minimum absolute atomic E-state index is 0.109. The Labute approximate surface area is 212 Å². The van der Waals surface area contributed by atoms with Crippen LogP contribution in [-0.4, -0.2) is 59.3 Å². The Morgan fingerprint density at radius 2 is 1.92 bits per heavy atom. The Bertz CT molecular complexity index is 1180. The van der Waals surface area contributed by atoms with Crippen LogP contribution in [-0.2, 0) is 15.7 Å². The van der Waals surface area contributed by atoms with Gasteiger partial charge < -0.3 is 30.0 Å². The zero-order chi connectivity index (χ0) is 26.7. The molecule has 1 unspecified atom stereocenters. The molecule has 2 aliphatic heterocycles. The van der Waals surface area contributed by atoms with Gasteiger partial charge in [-0.3, -0.25) is 0 Å². The molecule has 0 bridgehead atoms. The fourth-order valence-corrected chi connectivity index (χ4v) is 4.45. The Morgan fingerprint density at radius 3 is 2.46 bits per heavy atom. The number of alkyl halides is 3. The number of nitrogens with two attached hydrogens (primary N) is 1. The molecule has 1 saturated heterocycles. The van der Waals surface area contributed by atoms with E-state index in [1.54, 1.807) is 12.1 Å². The normalized spacial score (nSPS) is 19.8. The Hall–Kier alpha value is -3.54. The summed E-state index contributed by atoms with van der Waals surface area (Å²) in [5, 5.41) is 10.6. The zero-order valence-corrected chi connectivity index (χ0v) is 20.7. The molecule has 37 heavy (non-hydrogen) atoms. The number of likely N-dealkylation sites (N-methyl/N-ethyl adjacent to an activating group) is 1. The molecule has 3 aliphatic rings. The van der Waals surface area contributed by atoms with Crippen LogP contribution in [0.2, 0.25) is 0 Å². The molecule has 2 aromatic rings. The molecule has 12 heteroatoms. The molecule has 3 heterocycles. The van der Waals surface area contributed by atoms with Crippen molar-refractivity contribution < 1.29 is 32.5 Å². The van der Waals surface area contributed by atoms with E-state index < -0.39 is 30.0 Å². The fourth-order valence-electron chi connectivity index (χ4n) is 4.45. The highest BCUT2D eigenvalue weighted by Crippen LogP contribution is 2.41. The summed E-state index contributed by atoms with van der Waals surface area (Å²) < 4.78 is 54.6. The number of hydrogen-bond donors (Lipinski definition) is 2. The van der Waals surface area contributed by atoms with Gasteiger partial charge in [0.15, 0.2) is 17.4 Å². The molecule has 1 aromatic carbocycles. The van der Waals surface area contributed by atoms with Crippen LogP contribution in [0.15, 0.2) is 35.7 Å². The number of anilines is 1. The molecule has 0 amide bonds. The van der Waals surface area contributed by atoms with E-state index in [0.29, 0.717) is 11.5 Å². The molecule has 1 atom stereocenters. The van der Waals surface area contributed by atoms with Crippen LogP contribution >= 0.6 is 0 Å². The second kappa shape index (κ2) is 10.8. The summed E-state index contributed by atoms with van der Waals surface area (Å²) in [4.78, 5) is 13.0. The lowest BCUT2D eigenvalue weighted by Gasteiger charge is -2.26. The third-order valence-electron chi connectivity index (χ3n) is 6.51. The first-order valence-electron chi connectivity index (χ1n) is 12.0. The molecule has 9 nitrogen and oxygen atoms in total. The Balaban J connectivity index is 0.000000396. The number of phenolic OH excluding ortho intramolecular Hbond substituents is 1. The van der Waals surface area contributed by atoms with Gasteiger partial charge in [-0.25, -0.2) is 9.98 Å². The van der Waals surface area contributed by atoms with Gasteiger partial charge in [0.05, 0.1) is 6.54 Å². The number of nitrogens with zero attached hydrogens (tertiary/aromatic N) is 4. The van der Waals surface area contributed by atoms with E-state index in [-0.39, 0.29) is 17.1 Å². The van der Waals surface area contributed by atoms with E-state index in [9.17, 15) is 18.3 Å². The lowest BCUT2D eigenvalue weighted by Crippen LogP contribution is -2.33. The standard InChI is InChI=1S/C20H21F3N4O3.C5H9NO/c1-29-18-14(11-7-8-12(13(28)9-11)10-5-3-2-4-6-10)25-15-16(24)26-19(20(21,22)23)27-17(15)30-18;1-5-6(2)3-4-7-5/h7-10,18,28H,2-6H2,1H3,(H2,24,26,27);1,3-4H2,2H3. The number of aliphatic imine (C=N–C) groups is 1. The largest absolute Gasteiger partial charge is 0.508 e. The van der Waals surface area contributed by atoms with Crippen LogP contribution < -0.4 is 10.5 Å². The highest BCUT2D eigenvalue weighted by molar-refractivity contribution is 6.06. The number of aromatic hydroxyl groups is 1. The van der Waals surface area contributed by atoms with Crippen LogP contribution in [0.3, 0.4) is 0 Å². The lowest BCUT2D eigenvalue weighted by atomic mass is 9.83. The summed E-state index contributed by atoms with van der Waals surface area (Å²) in [6.45, 7) is 5.42. The van der Waals surface area contributed by atoms with Crippen molar-refractivity contribution in [2.45, 2.75) is 50.5 Å². The number of nitrogen functional groups attached to an aromatic ring is 1. The number of hydrogen-bond acceptors (Lipinski definition) is 9. The highest BCUT2D eigenvalue weighted by atomic mass is 19.4. The average Bonchev–Trinajstić information content (AvgIpc) is 3.25. The first-order valence-corrected chi connectivity index (χ1v) is 12.0. The van der Waals surface area contributed by atoms with Gasteiger partial charge in [0.1, 0.15) is 18.1 Å². The minimum atomic E-state index is -4.78. The van der Waals surface area contributed by atoms with Crippen LogP contribution in [0, 0.1) is 0 Å². The summed E-state index contributed by atoms with van der Waals surface area (Å²) in [5.74, 6) is -1.04. The molecule has 1 aromatic heterocycles. The number of benzene rings is 1. The van der Waals surface area contributed by atoms with Gasteiger partial charge in [-0.2, -0.15) is 18.2 Å². The van der Waals surface area contributed by atoms with E-state index in [1.807, 2.05) is 18.0 Å². The maximum absolute atomic E-state index is 13.0. The second-order valence-corrected chi connectivity index (χ2v) is 9.04. The monoisotopic (exact) mass is 521 g/mol. The molecule has 1 aliphatic carbocycles. The molecule has 0 radical (unpaired) electrons. The van der Waals surface area contributed by atoms with Crippen molar-refractivity contribution in [1.29, 1.82) is 0 Å². The minimum Gasteiger partial charge on any atom is -0.508 e. The fraction of sp³-hybridized carbons (Fsp3) is 0.480. The van der Waals surface area contributed by atoms with Gasteiger partial charge in [0.2, 0.25) is 18.0 Å². The molecular weight excluding hydrogens is 491 g/mol. The van der Waals surface area contributed by atoms with Crippen molar-refractivity contribution in [3.05, 3.63) is 47.6 Å². The van der Waals surface area contributed by atoms with Crippen molar-refractivity contribution >= 4 is 17.2 Å². The molecule has 1 saturated carbocycles. The number of methoxy groups -OCH3 is 1. The molecular formula is C25H30F3N5O4. The van der Waals surface area contributed by atoms with Gasteiger partial charge in [-0.15, -0.1) is 0 Å². The van der Waals surface area contributed by atoms with Gasteiger partial charge in [0, 0.05) is 19.7 Å². The first kappa shape index (κ1) is 26.5. The number of halogens is 3. The van der Waals surface area contributed by atoms with Gasteiger partial charge >= 0.3 is 6.18 Å². The van der Waals surface area contributed by atoms with E-state index in [0.717, 1.165) is 50.3 Å². The van der Waals surface area contributed by atoms with E-state index in [2.05, 4.69) is 21.5 Å². The molecule has 2 fully saturated rings. The Morgan fingerprint density at radius 1 is 1.19 bits per heavy atom. The maximum atomic E-state index is 13.0. The van der Waals surface area contributed by atoms with Crippen molar-refractivity contribution in [3.63, 3.8) is 0 Å². The van der Waals surface area contributed by atoms with Crippen molar-refractivity contribution in [1.82, 2.24) is 14.9 Å². The third-order valence-corrected chi connectivity index (χ3v) is 6.51. The Kier molecular flexibility index (Phi) is 7.76. The highest BCUT2D eigenvalue weighted by Gasteiger charge is 2.38. The summed E-state index contributed by atoms with van der Waals surface area (Å²) in [7, 11) is 3.30. The average molecular weight is 522 g/mol. The van der Waals surface area contributed by atoms with Crippen molar-refractivity contribution in [2.75, 3.05) is 33.0 Å². The van der Waals surface area contributed by atoms with Gasteiger partial charge in [0.25, 0.3) is 0 Å². The van der Waals surface area contributed by atoms with Crippen molar-refractivity contribution in [2.24, 2.45) is 4.99 Å². The summed E-state index contributed by atoms with van der Waals surface area (Å²) in [5.41, 5.74) is 7.22. The first-order chi connectivity index (χ1) is 17.6. The van der Waals surface area contributed by atoms with Crippen LogP contribution in [0.25, 0.3) is 0 Å². The number of ether oxygens (including phenoxy) is 3. The van der Waals surface area contributed by atoms with Crippen LogP contribution in [0.1, 0.15) is 55.0 Å². The molecule has 3 N–H and O–H groups in total. The SMILES string of the molecule is C=C1OCCN1C.COC1Oc2nc(C(F)(F)F)nc(N)c2N=C1c1ccc(C2CCCCC2)c(O)c1. The molecule has 0 spiro atoms. The van der Waals surface area contributed by atoms with Crippen molar-refractivity contribution in [3.8, 4) is 11.6 Å². The zero-order valence-electron chi connectivity index (χ0n) is 20.7. The van der Waals surface area contributed by atoms with E-state index in [4.69, 9.17) is 19.9 Å². The quantitative estimate of drug-likeness (QED) is 0.596. The van der Waals surface area contributed by atoms with Gasteiger partial charge in [-0.05, 0) is 37.0 Å².